The number of methoxy groups -OCH3 is 1. The number of rotatable bonds is 7. The van der Waals surface area contributed by atoms with Gasteiger partial charge in [-0.05, 0) is 23.8 Å². The summed E-state index contributed by atoms with van der Waals surface area (Å²) in [5.74, 6) is 1.19. The molecule has 1 aliphatic heterocycles. The predicted molar refractivity (Wildman–Crippen MR) is 75.2 cm³/mol. The highest BCUT2D eigenvalue weighted by atomic mass is 32.2. The van der Waals surface area contributed by atoms with E-state index in [1.165, 1.54) is 22.6 Å². The minimum Gasteiger partial charge on any atom is -0.382 e. The lowest BCUT2D eigenvalue weighted by atomic mass is 10.0. The molecule has 0 bridgehead atoms. The number of nitrogens with one attached hydrogen (secondary N) is 1. The molecule has 1 unspecified atom stereocenters. The molecule has 0 amide bonds. The molecule has 1 heterocycles. The van der Waals surface area contributed by atoms with Crippen molar-refractivity contribution in [3.8, 4) is 0 Å². The Balaban J connectivity index is 1.74. The van der Waals surface area contributed by atoms with Gasteiger partial charge in [-0.25, -0.2) is 0 Å². The summed E-state index contributed by atoms with van der Waals surface area (Å²) >= 11 is 1.95. The lowest BCUT2D eigenvalue weighted by Crippen LogP contribution is -2.28. The van der Waals surface area contributed by atoms with Crippen molar-refractivity contribution < 1.29 is 9.47 Å². The van der Waals surface area contributed by atoms with Gasteiger partial charge in [-0.2, -0.15) is 0 Å². The average Bonchev–Trinajstić information content (AvgIpc) is 2.43. The Labute approximate surface area is 113 Å². The second-order valence-corrected chi connectivity index (χ2v) is 5.42. The highest BCUT2D eigenvalue weighted by Gasteiger charge is 2.19. The molecule has 0 fully saturated rings. The molecule has 3 nitrogen and oxygen atoms in total. The van der Waals surface area contributed by atoms with Gasteiger partial charge in [0.15, 0.2) is 0 Å². The maximum absolute atomic E-state index is 5.46. The van der Waals surface area contributed by atoms with Gasteiger partial charge < -0.3 is 14.8 Å². The topological polar surface area (TPSA) is 30.5 Å². The van der Waals surface area contributed by atoms with Crippen molar-refractivity contribution >= 4 is 11.8 Å². The lowest BCUT2D eigenvalue weighted by molar-refractivity contribution is 0.0709. The summed E-state index contributed by atoms with van der Waals surface area (Å²) in [5, 5.41) is 3.58. The maximum Gasteiger partial charge on any atom is 0.0700 e. The Hall–Kier alpha value is -0.550. The molecule has 1 aromatic carbocycles. The molecule has 18 heavy (non-hydrogen) atoms. The van der Waals surface area contributed by atoms with E-state index in [1.54, 1.807) is 7.11 Å². The van der Waals surface area contributed by atoms with Crippen molar-refractivity contribution in [3.63, 3.8) is 0 Å². The van der Waals surface area contributed by atoms with E-state index in [0.29, 0.717) is 19.3 Å². The van der Waals surface area contributed by atoms with E-state index in [4.69, 9.17) is 9.47 Å². The van der Waals surface area contributed by atoms with E-state index < -0.39 is 0 Å². The summed E-state index contributed by atoms with van der Waals surface area (Å²) in [6.45, 7) is 2.99. The Bertz CT molecular complexity index is 359. The van der Waals surface area contributed by atoms with Gasteiger partial charge in [0, 0.05) is 24.6 Å². The molecule has 1 aromatic rings. The molecule has 1 aliphatic rings. The van der Waals surface area contributed by atoms with E-state index >= 15 is 0 Å². The van der Waals surface area contributed by atoms with Crippen LogP contribution in [0.1, 0.15) is 18.0 Å². The first-order valence-corrected chi connectivity index (χ1v) is 7.42. The Morgan fingerprint density at radius 1 is 1.28 bits per heavy atom. The van der Waals surface area contributed by atoms with Gasteiger partial charge in [-0.15, -0.1) is 11.8 Å². The maximum atomic E-state index is 5.46. The molecular formula is C14H21NO2S. The Morgan fingerprint density at radius 2 is 2.17 bits per heavy atom. The van der Waals surface area contributed by atoms with Crippen molar-refractivity contribution in [3.05, 3.63) is 29.8 Å². The quantitative estimate of drug-likeness (QED) is 0.769. The summed E-state index contributed by atoms with van der Waals surface area (Å²) in [6.07, 6.45) is 1.19. The third-order valence-electron chi connectivity index (χ3n) is 3.03. The van der Waals surface area contributed by atoms with Gasteiger partial charge in [-0.3, -0.25) is 0 Å². The Morgan fingerprint density at radius 3 is 3.06 bits per heavy atom. The van der Waals surface area contributed by atoms with Crippen LogP contribution in [-0.4, -0.2) is 39.2 Å². The molecule has 0 saturated heterocycles. The standard InChI is InChI=1S/C14H21NO2S/c1-16-9-10-17-8-7-15-13-6-11-18-14-5-3-2-4-12(13)14/h2-5,13,15H,6-11H2,1H3. The molecular weight excluding hydrogens is 246 g/mol. The van der Waals surface area contributed by atoms with Gasteiger partial charge >= 0.3 is 0 Å². The third-order valence-corrected chi connectivity index (χ3v) is 4.15. The minimum absolute atomic E-state index is 0.480. The SMILES string of the molecule is COCCOCCNC1CCSc2ccccc21. The fourth-order valence-electron chi connectivity index (χ4n) is 2.10. The van der Waals surface area contributed by atoms with Crippen LogP contribution < -0.4 is 5.32 Å². The predicted octanol–water partition coefficient (Wildman–Crippen LogP) is 2.48. The fraction of sp³-hybridized carbons (Fsp3) is 0.571. The Kier molecular flexibility index (Phi) is 6.00. The second-order valence-electron chi connectivity index (χ2n) is 4.29. The van der Waals surface area contributed by atoms with Crippen LogP contribution >= 0.6 is 11.8 Å². The molecule has 0 aliphatic carbocycles. The zero-order valence-corrected chi connectivity index (χ0v) is 11.7. The van der Waals surface area contributed by atoms with Gasteiger partial charge in [0.25, 0.3) is 0 Å². The number of benzene rings is 1. The number of ether oxygens (including phenoxy) is 2. The average molecular weight is 267 g/mol. The molecule has 1 atom stereocenters. The summed E-state index contributed by atoms with van der Waals surface area (Å²) in [5.41, 5.74) is 1.44. The van der Waals surface area contributed by atoms with Gasteiger partial charge in [-0.1, -0.05) is 18.2 Å². The highest BCUT2D eigenvalue weighted by molar-refractivity contribution is 7.99. The molecule has 0 saturated carbocycles. The van der Waals surface area contributed by atoms with Crippen molar-refractivity contribution in [1.82, 2.24) is 5.32 Å². The van der Waals surface area contributed by atoms with E-state index in [-0.39, 0.29) is 0 Å². The van der Waals surface area contributed by atoms with Crippen LogP contribution in [0, 0.1) is 0 Å². The van der Waals surface area contributed by atoms with E-state index in [1.807, 2.05) is 11.8 Å². The zero-order chi connectivity index (χ0) is 12.6. The summed E-state index contributed by atoms with van der Waals surface area (Å²) < 4.78 is 10.4. The van der Waals surface area contributed by atoms with Crippen LogP contribution in [-0.2, 0) is 9.47 Å². The second kappa shape index (κ2) is 7.79. The molecule has 0 radical (unpaired) electrons. The van der Waals surface area contributed by atoms with Crippen LogP contribution in [0.15, 0.2) is 29.2 Å². The number of hydrogen-bond donors (Lipinski definition) is 1. The first kappa shape index (κ1) is 13.9. The van der Waals surface area contributed by atoms with Crippen molar-refractivity contribution in [2.75, 3.05) is 39.2 Å². The van der Waals surface area contributed by atoms with E-state index in [0.717, 1.165) is 13.2 Å². The number of fused-ring (bicyclic) bond motifs is 1. The first-order chi connectivity index (χ1) is 8.92. The summed E-state index contributed by atoms with van der Waals surface area (Å²) in [7, 11) is 1.69. The van der Waals surface area contributed by atoms with Crippen molar-refractivity contribution in [1.29, 1.82) is 0 Å². The van der Waals surface area contributed by atoms with Gasteiger partial charge in [0.05, 0.1) is 19.8 Å². The van der Waals surface area contributed by atoms with Crippen LogP contribution in [0.25, 0.3) is 0 Å². The zero-order valence-electron chi connectivity index (χ0n) is 10.9. The minimum atomic E-state index is 0.480. The van der Waals surface area contributed by atoms with Crippen LogP contribution in [0.4, 0.5) is 0 Å². The summed E-state index contributed by atoms with van der Waals surface area (Å²) in [6, 6.07) is 9.15. The molecule has 1 N–H and O–H groups in total. The third kappa shape index (κ3) is 3.99. The van der Waals surface area contributed by atoms with Gasteiger partial charge in [0.1, 0.15) is 0 Å². The summed E-state index contributed by atoms with van der Waals surface area (Å²) in [4.78, 5) is 1.42. The normalized spacial score (nSPS) is 18.6. The molecule has 2 rings (SSSR count). The lowest BCUT2D eigenvalue weighted by Gasteiger charge is -2.25. The van der Waals surface area contributed by atoms with E-state index in [2.05, 4.69) is 29.6 Å². The smallest absolute Gasteiger partial charge is 0.0700 e. The number of thioether (sulfide) groups is 1. The first-order valence-electron chi connectivity index (χ1n) is 6.43. The monoisotopic (exact) mass is 267 g/mol. The van der Waals surface area contributed by atoms with Crippen molar-refractivity contribution in [2.45, 2.75) is 17.4 Å². The molecule has 0 spiro atoms. The highest BCUT2D eigenvalue weighted by Crippen LogP contribution is 2.35. The van der Waals surface area contributed by atoms with E-state index in [9.17, 15) is 0 Å². The largest absolute Gasteiger partial charge is 0.382 e. The molecule has 0 aromatic heterocycles. The van der Waals surface area contributed by atoms with Crippen LogP contribution in [0.2, 0.25) is 0 Å². The van der Waals surface area contributed by atoms with Crippen LogP contribution in [0.5, 0.6) is 0 Å². The number of hydrogen-bond acceptors (Lipinski definition) is 4. The van der Waals surface area contributed by atoms with Gasteiger partial charge in [0.2, 0.25) is 0 Å². The fourth-order valence-corrected chi connectivity index (χ4v) is 3.23. The molecule has 100 valence electrons. The molecule has 4 heteroatoms. The van der Waals surface area contributed by atoms with Crippen LogP contribution in [0.3, 0.4) is 0 Å². The van der Waals surface area contributed by atoms with Crippen molar-refractivity contribution in [2.24, 2.45) is 0 Å².